The summed E-state index contributed by atoms with van der Waals surface area (Å²) in [6.45, 7) is 1.05. The van der Waals surface area contributed by atoms with E-state index in [0.717, 1.165) is 18.2 Å². The summed E-state index contributed by atoms with van der Waals surface area (Å²) in [6, 6.07) is 7.26. The molecule has 1 fully saturated rings. The number of hydrogen-bond acceptors (Lipinski definition) is 2. The molecule has 1 saturated carbocycles. The zero-order valence-corrected chi connectivity index (χ0v) is 6.96. The van der Waals surface area contributed by atoms with Crippen molar-refractivity contribution < 1.29 is 5.11 Å². The molecular weight excluding hydrogens is 150 g/mol. The first-order valence-corrected chi connectivity index (χ1v) is 4.37. The van der Waals surface area contributed by atoms with Gasteiger partial charge in [0.25, 0.3) is 0 Å². The van der Waals surface area contributed by atoms with E-state index in [9.17, 15) is 0 Å². The number of hydrogen-bond donors (Lipinski definition) is 2. The predicted molar refractivity (Wildman–Crippen MR) is 49.3 cm³/mol. The Labute approximate surface area is 72.2 Å². The molecule has 64 valence electrons. The first-order valence-electron chi connectivity index (χ1n) is 4.37. The Morgan fingerprint density at radius 1 is 1.42 bits per heavy atom. The fraction of sp³-hybridized carbons (Fsp3) is 0.400. The van der Waals surface area contributed by atoms with Gasteiger partial charge in [-0.1, -0.05) is 6.07 Å². The molecule has 0 heterocycles. The fourth-order valence-corrected chi connectivity index (χ4v) is 1.20. The lowest BCUT2D eigenvalue weighted by Crippen LogP contribution is -2.02. The number of aromatic hydroxyl groups is 1. The second-order valence-corrected chi connectivity index (χ2v) is 3.37. The maximum absolute atomic E-state index is 9.15. The summed E-state index contributed by atoms with van der Waals surface area (Å²) < 4.78 is 0. The molecule has 0 spiro atoms. The van der Waals surface area contributed by atoms with Crippen molar-refractivity contribution in [2.45, 2.75) is 12.8 Å². The highest BCUT2D eigenvalue weighted by Gasteiger charge is 2.20. The molecule has 2 N–H and O–H groups in total. The van der Waals surface area contributed by atoms with Gasteiger partial charge in [-0.2, -0.15) is 0 Å². The van der Waals surface area contributed by atoms with E-state index in [2.05, 4.69) is 5.32 Å². The summed E-state index contributed by atoms with van der Waals surface area (Å²) in [5, 5.41) is 12.4. The van der Waals surface area contributed by atoms with Crippen LogP contribution in [-0.2, 0) is 0 Å². The van der Waals surface area contributed by atoms with Crippen LogP contribution in [0.25, 0.3) is 0 Å². The van der Waals surface area contributed by atoms with E-state index in [0.29, 0.717) is 5.75 Å². The molecule has 1 aliphatic rings. The van der Waals surface area contributed by atoms with Gasteiger partial charge in [-0.15, -0.1) is 0 Å². The maximum Gasteiger partial charge on any atom is 0.117 e. The van der Waals surface area contributed by atoms with Crippen molar-refractivity contribution in [3.63, 3.8) is 0 Å². The van der Waals surface area contributed by atoms with E-state index >= 15 is 0 Å². The lowest BCUT2D eigenvalue weighted by molar-refractivity contribution is 0.475. The molecule has 1 aromatic rings. The zero-order valence-electron chi connectivity index (χ0n) is 6.96. The highest BCUT2D eigenvalue weighted by atomic mass is 16.3. The van der Waals surface area contributed by atoms with Crippen LogP contribution in [0.15, 0.2) is 24.3 Å². The van der Waals surface area contributed by atoms with Crippen LogP contribution >= 0.6 is 0 Å². The molecule has 1 aliphatic carbocycles. The third kappa shape index (κ3) is 1.91. The van der Waals surface area contributed by atoms with E-state index in [-0.39, 0.29) is 0 Å². The quantitative estimate of drug-likeness (QED) is 0.716. The number of nitrogens with one attached hydrogen (secondary N) is 1. The van der Waals surface area contributed by atoms with E-state index < -0.39 is 0 Å². The van der Waals surface area contributed by atoms with Crippen LogP contribution < -0.4 is 5.32 Å². The molecule has 0 unspecified atom stereocenters. The topological polar surface area (TPSA) is 32.3 Å². The number of benzene rings is 1. The number of anilines is 1. The summed E-state index contributed by atoms with van der Waals surface area (Å²) in [4.78, 5) is 0. The van der Waals surface area contributed by atoms with Gasteiger partial charge in [-0.3, -0.25) is 0 Å². The second kappa shape index (κ2) is 3.05. The third-order valence-corrected chi connectivity index (χ3v) is 2.14. The number of rotatable bonds is 3. The van der Waals surface area contributed by atoms with Gasteiger partial charge < -0.3 is 10.4 Å². The van der Waals surface area contributed by atoms with Crippen molar-refractivity contribution in [3.8, 4) is 5.75 Å². The van der Waals surface area contributed by atoms with E-state index in [4.69, 9.17) is 5.11 Å². The van der Waals surface area contributed by atoms with Crippen molar-refractivity contribution in [3.05, 3.63) is 24.3 Å². The van der Waals surface area contributed by atoms with Crippen LogP contribution in [0, 0.1) is 5.92 Å². The smallest absolute Gasteiger partial charge is 0.117 e. The number of phenols is 1. The average Bonchev–Trinajstić information content (AvgIpc) is 2.84. The molecule has 0 aromatic heterocycles. The Hall–Kier alpha value is -1.18. The largest absolute Gasteiger partial charge is 0.508 e. The first kappa shape index (κ1) is 7.47. The van der Waals surface area contributed by atoms with E-state index in [1.807, 2.05) is 12.1 Å². The SMILES string of the molecule is Oc1cccc(NCC2CC2)c1. The highest BCUT2D eigenvalue weighted by Crippen LogP contribution is 2.29. The standard InChI is InChI=1S/C10H13NO/c12-10-3-1-2-9(6-10)11-7-8-4-5-8/h1-3,6,8,11-12H,4-5,7H2. The minimum absolute atomic E-state index is 0.329. The van der Waals surface area contributed by atoms with Gasteiger partial charge in [-0.05, 0) is 30.9 Å². The van der Waals surface area contributed by atoms with Gasteiger partial charge in [-0.25, -0.2) is 0 Å². The minimum atomic E-state index is 0.329. The molecule has 2 nitrogen and oxygen atoms in total. The van der Waals surface area contributed by atoms with Crippen molar-refractivity contribution in [2.24, 2.45) is 5.92 Å². The fourth-order valence-electron chi connectivity index (χ4n) is 1.20. The van der Waals surface area contributed by atoms with Crippen LogP contribution in [-0.4, -0.2) is 11.7 Å². The van der Waals surface area contributed by atoms with Crippen LogP contribution in [0.2, 0.25) is 0 Å². The maximum atomic E-state index is 9.15. The minimum Gasteiger partial charge on any atom is -0.508 e. The Morgan fingerprint density at radius 3 is 2.92 bits per heavy atom. The first-order chi connectivity index (χ1) is 5.84. The molecule has 0 amide bonds. The molecule has 2 heteroatoms. The normalized spacial score (nSPS) is 16.0. The molecule has 0 aliphatic heterocycles. The molecule has 1 aromatic carbocycles. The van der Waals surface area contributed by atoms with Crippen LogP contribution in [0.4, 0.5) is 5.69 Å². The molecule has 0 saturated heterocycles. The summed E-state index contributed by atoms with van der Waals surface area (Å²) in [6.07, 6.45) is 2.71. The van der Waals surface area contributed by atoms with Gasteiger partial charge in [0, 0.05) is 18.3 Å². The van der Waals surface area contributed by atoms with Crippen LogP contribution in [0.3, 0.4) is 0 Å². The summed E-state index contributed by atoms with van der Waals surface area (Å²) in [5.74, 6) is 1.20. The molecule has 2 rings (SSSR count). The zero-order chi connectivity index (χ0) is 8.39. The van der Waals surface area contributed by atoms with E-state index in [1.54, 1.807) is 12.1 Å². The summed E-state index contributed by atoms with van der Waals surface area (Å²) in [5.41, 5.74) is 1.02. The highest BCUT2D eigenvalue weighted by molar-refractivity contribution is 5.47. The van der Waals surface area contributed by atoms with E-state index in [1.165, 1.54) is 12.8 Å². The summed E-state index contributed by atoms with van der Waals surface area (Å²) >= 11 is 0. The molecule has 0 atom stereocenters. The molecular formula is C10H13NO. The van der Waals surface area contributed by atoms with Gasteiger partial charge >= 0.3 is 0 Å². The van der Waals surface area contributed by atoms with Gasteiger partial charge in [0.05, 0.1) is 0 Å². The van der Waals surface area contributed by atoms with Gasteiger partial charge in [0.1, 0.15) is 5.75 Å². The monoisotopic (exact) mass is 163 g/mol. The Kier molecular flexibility index (Phi) is 1.90. The lowest BCUT2D eigenvalue weighted by atomic mass is 10.3. The molecule has 0 bridgehead atoms. The second-order valence-electron chi connectivity index (χ2n) is 3.37. The summed E-state index contributed by atoms with van der Waals surface area (Å²) in [7, 11) is 0. The Bertz CT molecular complexity index is 268. The Balaban J connectivity index is 1.92. The predicted octanol–water partition coefficient (Wildman–Crippen LogP) is 2.21. The van der Waals surface area contributed by atoms with Crippen molar-refractivity contribution in [1.29, 1.82) is 0 Å². The van der Waals surface area contributed by atoms with Gasteiger partial charge in [0.15, 0.2) is 0 Å². The van der Waals surface area contributed by atoms with Gasteiger partial charge in [0.2, 0.25) is 0 Å². The number of phenolic OH excluding ortho intramolecular Hbond substituents is 1. The third-order valence-electron chi connectivity index (χ3n) is 2.14. The average molecular weight is 163 g/mol. The van der Waals surface area contributed by atoms with Crippen molar-refractivity contribution in [1.82, 2.24) is 0 Å². The van der Waals surface area contributed by atoms with Crippen LogP contribution in [0.1, 0.15) is 12.8 Å². The Morgan fingerprint density at radius 2 is 2.25 bits per heavy atom. The van der Waals surface area contributed by atoms with Crippen molar-refractivity contribution in [2.75, 3.05) is 11.9 Å². The van der Waals surface area contributed by atoms with Crippen LogP contribution in [0.5, 0.6) is 5.75 Å². The molecule has 0 radical (unpaired) electrons. The molecule has 12 heavy (non-hydrogen) atoms. The van der Waals surface area contributed by atoms with Crippen molar-refractivity contribution >= 4 is 5.69 Å². The lowest BCUT2D eigenvalue weighted by Gasteiger charge is -2.04.